The van der Waals surface area contributed by atoms with Crippen LogP contribution in [-0.2, 0) is 0 Å². The van der Waals surface area contributed by atoms with Crippen LogP contribution in [0.2, 0.25) is 0 Å². The molecule has 2 rings (SSSR count). The van der Waals surface area contributed by atoms with Gasteiger partial charge >= 0.3 is 0 Å². The van der Waals surface area contributed by atoms with Gasteiger partial charge in [0, 0.05) is 17.8 Å². The topological polar surface area (TPSA) is 60.7 Å². The largest absolute Gasteiger partial charge is 0.383 e. The number of benzene rings is 1. The van der Waals surface area contributed by atoms with Crippen LogP contribution in [0.4, 0.5) is 5.69 Å². The van der Waals surface area contributed by atoms with E-state index in [1.54, 1.807) is 6.07 Å². The van der Waals surface area contributed by atoms with E-state index in [9.17, 15) is 4.79 Å². The predicted octanol–water partition coefficient (Wildman–Crippen LogP) is 2.97. The molecule has 0 bridgehead atoms. The Morgan fingerprint density at radius 2 is 1.94 bits per heavy atom. The van der Waals surface area contributed by atoms with E-state index in [-0.39, 0.29) is 5.56 Å². The molecular weight excluding hydrogens is 226 g/mol. The van der Waals surface area contributed by atoms with Crippen LogP contribution < -0.4 is 10.9 Å². The first-order chi connectivity index (χ1) is 8.69. The van der Waals surface area contributed by atoms with Crippen LogP contribution in [0.3, 0.4) is 0 Å². The SMILES string of the molecule is CCCC(C)Nc1ccc(-c2cc(=O)[nH][nH]2)cc1. The molecule has 0 saturated heterocycles. The van der Waals surface area contributed by atoms with Gasteiger partial charge in [-0.2, -0.15) is 0 Å². The van der Waals surface area contributed by atoms with Gasteiger partial charge in [0.2, 0.25) is 0 Å². The smallest absolute Gasteiger partial charge is 0.264 e. The third-order valence-corrected chi connectivity index (χ3v) is 2.93. The third kappa shape index (κ3) is 3.03. The molecule has 4 heteroatoms. The molecule has 0 saturated carbocycles. The lowest BCUT2D eigenvalue weighted by Crippen LogP contribution is -2.14. The zero-order chi connectivity index (χ0) is 13.0. The Labute approximate surface area is 106 Å². The van der Waals surface area contributed by atoms with E-state index in [2.05, 4.69) is 29.4 Å². The van der Waals surface area contributed by atoms with Crippen LogP contribution in [-0.4, -0.2) is 16.2 Å². The molecule has 1 unspecified atom stereocenters. The minimum absolute atomic E-state index is 0.108. The van der Waals surface area contributed by atoms with E-state index in [0.29, 0.717) is 6.04 Å². The molecule has 1 aromatic heterocycles. The van der Waals surface area contributed by atoms with Crippen LogP contribution >= 0.6 is 0 Å². The second kappa shape index (κ2) is 5.58. The first-order valence-corrected chi connectivity index (χ1v) is 6.33. The van der Waals surface area contributed by atoms with E-state index >= 15 is 0 Å². The Balaban J connectivity index is 2.08. The fourth-order valence-electron chi connectivity index (χ4n) is 2.02. The first-order valence-electron chi connectivity index (χ1n) is 6.33. The zero-order valence-electron chi connectivity index (χ0n) is 10.8. The normalized spacial score (nSPS) is 12.3. The molecule has 18 heavy (non-hydrogen) atoms. The second-order valence-electron chi connectivity index (χ2n) is 4.58. The molecule has 1 heterocycles. The molecule has 3 N–H and O–H groups in total. The van der Waals surface area contributed by atoms with Gasteiger partial charge in [0.05, 0.1) is 5.69 Å². The Morgan fingerprint density at radius 1 is 1.22 bits per heavy atom. The molecular formula is C14H19N3O. The van der Waals surface area contributed by atoms with Gasteiger partial charge in [-0.25, -0.2) is 0 Å². The molecule has 0 aliphatic rings. The lowest BCUT2D eigenvalue weighted by molar-refractivity contribution is 0.690. The average Bonchev–Trinajstić information content (AvgIpc) is 2.77. The summed E-state index contributed by atoms with van der Waals surface area (Å²) in [5, 5.41) is 8.83. The molecule has 0 fully saturated rings. The van der Waals surface area contributed by atoms with E-state index in [1.165, 1.54) is 6.42 Å². The fraction of sp³-hybridized carbons (Fsp3) is 0.357. The van der Waals surface area contributed by atoms with Crippen LogP contribution in [0.1, 0.15) is 26.7 Å². The maximum absolute atomic E-state index is 11.0. The standard InChI is InChI=1S/C14H19N3O/c1-3-4-10(2)15-12-7-5-11(6-8-12)13-9-14(18)17-16-13/h5-10,15H,3-4H2,1-2H3,(H2,16,17,18). The van der Waals surface area contributed by atoms with Crippen molar-refractivity contribution in [2.24, 2.45) is 0 Å². The highest BCUT2D eigenvalue weighted by Gasteiger charge is 2.02. The highest BCUT2D eigenvalue weighted by Crippen LogP contribution is 2.18. The number of anilines is 1. The number of hydrogen-bond acceptors (Lipinski definition) is 2. The van der Waals surface area contributed by atoms with Gasteiger partial charge in [-0.1, -0.05) is 25.5 Å². The molecule has 0 amide bonds. The van der Waals surface area contributed by atoms with Crippen molar-refractivity contribution in [2.45, 2.75) is 32.7 Å². The van der Waals surface area contributed by atoms with Gasteiger partial charge < -0.3 is 5.32 Å². The first kappa shape index (κ1) is 12.5. The van der Waals surface area contributed by atoms with E-state index in [4.69, 9.17) is 0 Å². The molecule has 0 radical (unpaired) electrons. The molecule has 2 aromatic rings. The number of rotatable bonds is 5. The number of aromatic amines is 2. The van der Waals surface area contributed by atoms with Gasteiger partial charge in [-0.05, 0) is 31.0 Å². The summed E-state index contributed by atoms with van der Waals surface area (Å²) in [5.74, 6) is 0. The second-order valence-corrected chi connectivity index (χ2v) is 4.58. The lowest BCUT2D eigenvalue weighted by atomic mass is 10.1. The Hall–Kier alpha value is -1.97. The summed E-state index contributed by atoms with van der Waals surface area (Å²) in [7, 11) is 0. The number of nitrogens with one attached hydrogen (secondary N) is 3. The summed E-state index contributed by atoms with van der Waals surface area (Å²) in [6.07, 6.45) is 2.34. The van der Waals surface area contributed by atoms with Crippen molar-refractivity contribution in [1.29, 1.82) is 0 Å². The third-order valence-electron chi connectivity index (χ3n) is 2.93. The van der Waals surface area contributed by atoms with Crippen molar-refractivity contribution in [3.05, 3.63) is 40.7 Å². The summed E-state index contributed by atoms with van der Waals surface area (Å²) in [5.41, 5.74) is 2.82. The van der Waals surface area contributed by atoms with Gasteiger partial charge in [0.1, 0.15) is 0 Å². The van der Waals surface area contributed by atoms with Gasteiger partial charge in [0.25, 0.3) is 5.56 Å². The quantitative estimate of drug-likeness (QED) is 0.758. The summed E-state index contributed by atoms with van der Waals surface area (Å²) >= 11 is 0. The number of aromatic nitrogens is 2. The van der Waals surface area contributed by atoms with Crippen LogP contribution in [0.15, 0.2) is 35.1 Å². The molecule has 1 atom stereocenters. The summed E-state index contributed by atoms with van der Waals surface area (Å²) in [6, 6.07) is 10.1. The van der Waals surface area contributed by atoms with Crippen LogP contribution in [0.25, 0.3) is 11.3 Å². The molecule has 0 aliphatic carbocycles. The molecule has 0 aliphatic heterocycles. The van der Waals surface area contributed by atoms with Gasteiger partial charge in [0.15, 0.2) is 0 Å². The minimum Gasteiger partial charge on any atom is -0.383 e. The predicted molar refractivity (Wildman–Crippen MR) is 74.8 cm³/mol. The number of H-pyrrole nitrogens is 2. The molecule has 0 spiro atoms. The Kier molecular flexibility index (Phi) is 3.87. The number of hydrogen-bond donors (Lipinski definition) is 3. The maximum Gasteiger partial charge on any atom is 0.264 e. The van der Waals surface area contributed by atoms with Crippen molar-refractivity contribution in [3.8, 4) is 11.3 Å². The van der Waals surface area contributed by atoms with Crippen molar-refractivity contribution in [2.75, 3.05) is 5.32 Å². The van der Waals surface area contributed by atoms with Gasteiger partial charge in [-0.15, -0.1) is 0 Å². The highest BCUT2D eigenvalue weighted by molar-refractivity contribution is 5.62. The Bertz CT molecular complexity index is 539. The van der Waals surface area contributed by atoms with Crippen LogP contribution in [0, 0.1) is 0 Å². The maximum atomic E-state index is 11.0. The van der Waals surface area contributed by atoms with Crippen molar-refractivity contribution < 1.29 is 0 Å². The summed E-state index contributed by atoms with van der Waals surface area (Å²) in [4.78, 5) is 11.0. The van der Waals surface area contributed by atoms with Crippen molar-refractivity contribution in [3.63, 3.8) is 0 Å². The fourth-order valence-corrected chi connectivity index (χ4v) is 2.02. The minimum atomic E-state index is -0.108. The van der Waals surface area contributed by atoms with Crippen molar-refractivity contribution in [1.82, 2.24) is 10.2 Å². The molecule has 4 nitrogen and oxygen atoms in total. The van der Waals surface area contributed by atoms with Gasteiger partial charge in [-0.3, -0.25) is 15.0 Å². The summed E-state index contributed by atoms with van der Waals surface area (Å²) in [6.45, 7) is 4.37. The van der Waals surface area contributed by atoms with E-state index in [0.717, 1.165) is 23.4 Å². The Morgan fingerprint density at radius 3 is 2.50 bits per heavy atom. The van der Waals surface area contributed by atoms with E-state index < -0.39 is 0 Å². The molecule has 96 valence electrons. The van der Waals surface area contributed by atoms with E-state index in [1.807, 2.05) is 24.3 Å². The van der Waals surface area contributed by atoms with Crippen LogP contribution in [0.5, 0.6) is 0 Å². The zero-order valence-corrected chi connectivity index (χ0v) is 10.8. The molecule has 1 aromatic carbocycles. The highest BCUT2D eigenvalue weighted by atomic mass is 16.1. The average molecular weight is 245 g/mol. The van der Waals surface area contributed by atoms with Crippen molar-refractivity contribution >= 4 is 5.69 Å². The summed E-state index contributed by atoms with van der Waals surface area (Å²) < 4.78 is 0. The lowest BCUT2D eigenvalue weighted by Gasteiger charge is -2.14. The monoisotopic (exact) mass is 245 g/mol.